The number of esters is 1. The van der Waals surface area contributed by atoms with Gasteiger partial charge >= 0.3 is 5.97 Å². The summed E-state index contributed by atoms with van der Waals surface area (Å²) < 4.78 is 7.07. The van der Waals surface area contributed by atoms with Gasteiger partial charge in [-0.2, -0.15) is 5.10 Å². The van der Waals surface area contributed by atoms with Gasteiger partial charge in [0.1, 0.15) is 5.82 Å². The molecule has 2 unspecified atom stereocenters. The molecule has 3 heterocycles. The zero-order valence-corrected chi connectivity index (χ0v) is 11.4. The second-order valence-corrected chi connectivity index (χ2v) is 5.13. The van der Waals surface area contributed by atoms with E-state index in [0.29, 0.717) is 13.2 Å². The summed E-state index contributed by atoms with van der Waals surface area (Å²) in [6, 6.07) is 0.0303. The van der Waals surface area contributed by atoms with Gasteiger partial charge < -0.3 is 15.4 Å². The van der Waals surface area contributed by atoms with E-state index in [2.05, 4.69) is 15.7 Å². The maximum absolute atomic E-state index is 11.9. The number of hydrogen-bond donors (Lipinski definition) is 2. The topological polar surface area (TPSA) is 68.2 Å². The van der Waals surface area contributed by atoms with Crippen LogP contribution in [0.4, 0.5) is 11.6 Å². The molecular formula is C13H20N4O2. The van der Waals surface area contributed by atoms with E-state index in [-0.39, 0.29) is 17.9 Å². The summed E-state index contributed by atoms with van der Waals surface area (Å²) in [6.45, 7) is 5.88. The quantitative estimate of drug-likeness (QED) is 0.790. The molecule has 2 atom stereocenters. The van der Waals surface area contributed by atoms with Gasteiger partial charge in [-0.3, -0.25) is 4.79 Å². The van der Waals surface area contributed by atoms with Crippen molar-refractivity contribution in [2.24, 2.45) is 5.92 Å². The molecule has 1 aromatic rings. The number of ether oxygens (including phenoxy) is 1. The van der Waals surface area contributed by atoms with Crippen LogP contribution in [0.15, 0.2) is 0 Å². The Balaban J connectivity index is 1.89. The van der Waals surface area contributed by atoms with Crippen LogP contribution in [0.5, 0.6) is 0 Å². The van der Waals surface area contributed by atoms with Crippen molar-refractivity contribution >= 4 is 17.6 Å². The SMILES string of the molecule is CCOC(=O)C1CNc2c3c(nn2C1C)NCCC3. The monoisotopic (exact) mass is 264 g/mol. The number of hydrogen-bond acceptors (Lipinski definition) is 5. The van der Waals surface area contributed by atoms with Gasteiger partial charge in [-0.15, -0.1) is 0 Å². The van der Waals surface area contributed by atoms with Gasteiger partial charge in [0.15, 0.2) is 5.82 Å². The van der Waals surface area contributed by atoms with Crippen LogP contribution in [0.25, 0.3) is 0 Å². The van der Waals surface area contributed by atoms with Gasteiger partial charge in [0.25, 0.3) is 0 Å². The molecule has 6 nitrogen and oxygen atoms in total. The molecule has 0 radical (unpaired) electrons. The van der Waals surface area contributed by atoms with Crippen LogP contribution in [0.3, 0.4) is 0 Å². The van der Waals surface area contributed by atoms with E-state index >= 15 is 0 Å². The van der Waals surface area contributed by atoms with Gasteiger partial charge in [-0.1, -0.05) is 0 Å². The highest BCUT2D eigenvalue weighted by Crippen LogP contribution is 2.36. The number of carbonyl (C=O) groups excluding carboxylic acids is 1. The Kier molecular flexibility index (Phi) is 3.08. The lowest BCUT2D eigenvalue weighted by atomic mass is 9.98. The summed E-state index contributed by atoms with van der Waals surface area (Å²) in [5, 5.41) is 11.3. The molecule has 2 aliphatic rings. The molecule has 0 aliphatic carbocycles. The molecule has 0 fully saturated rings. The second kappa shape index (κ2) is 4.75. The van der Waals surface area contributed by atoms with Gasteiger partial charge in [0.2, 0.25) is 0 Å². The summed E-state index contributed by atoms with van der Waals surface area (Å²) in [6.07, 6.45) is 2.17. The molecule has 2 N–H and O–H groups in total. The number of fused-ring (bicyclic) bond motifs is 3. The van der Waals surface area contributed by atoms with E-state index in [9.17, 15) is 4.79 Å². The normalized spacial score (nSPS) is 24.7. The Hall–Kier alpha value is -1.72. The molecule has 0 bridgehead atoms. The van der Waals surface area contributed by atoms with Gasteiger partial charge in [0.05, 0.1) is 18.6 Å². The second-order valence-electron chi connectivity index (χ2n) is 5.13. The fourth-order valence-electron chi connectivity index (χ4n) is 2.88. The van der Waals surface area contributed by atoms with Crippen LogP contribution in [-0.4, -0.2) is 35.4 Å². The smallest absolute Gasteiger partial charge is 0.312 e. The molecule has 0 spiro atoms. The van der Waals surface area contributed by atoms with Crippen molar-refractivity contribution in [2.45, 2.75) is 32.7 Å². The molecule has 3 rings (SSSR count). The lowest BCUT2D eigenvalue weighted by molar-refractivity contribution is -0.149. The van der Waals surface area contributed by atoms with E-state index in [1.165, 1.54) is 5.56 Å². The fraction of sp³-hybridized carbons (Fsp3) is 0.692. The van der Waals surface area contributed by atoms with Crippen molar-refractivity contribution in [1.82, 2.24) is 9.78 Å². The molecular weight excluding hydrogens is 244 g/mol. The summed E-state index contributed by atoms with van der Waals surface area (Å²) in [7, 11) is 0. The fourth-order valence-corrected chi connectivity index (χ4v) is 2.88. The first kappa shape index (κ1) is 12.3. The zero-order valence-electron chi connectivity index (χ0n) is 11.4. The van der Waals surface area contributed by atoms with Crippen molar-refractivity contribution in [3.05, 3.63) is 5.56 Å². The van der Waals surface area contributed by atoms with Crippen LogP contribution in [0.1, 0.15) is 31.9 Å². The Bertz CT molecular complexity index is 497. The van der Waals surface area contributed by atoms with Crippen molar-refractivity contribution < 1.29 is 9.53 Å². The standard InChI is InChI=1S/C13H20N4O2/c1-3-19-13(18)10-7-15-12-9-5-4-6-14-11(9)16-17(12)8(10)2/h8,10,15H,3-7H2,1-2H3,(H,14,16). The van der Waals surface area contributed by atoms with Crippen LogP contribution in [0, 0.1) is 5.92 Å². The molecule has 0 saturated heterocycles. The van der Waals surface area contributed by atoms with Crippen molar-refractivity contribution in [1.29, 1.82) is 0 Å². The average molecular weight is 264 g/mol. The summed E-state index contributed by atoms with van der Waals surface area (Å²) in [5.74, 6) is 1.71. The first-order chi connectivity index (χ1) is 9.22. The largest absolute Gasteiger partial charge is 0.466 e. The predicted molar refractivity (Wildman–Crippen MR) is 72.4 cm³/mol. The van der Waals surface area contributed by atoms with Crippen molar-refractivity contribution in [2.75, 3.05) is 30.3 Å². The molecule has 0 aromatic carbocycles. The summed E-state index contributed by atoms with van der Waals surface area (Å²) in [4.78, 5) is 11.9. The zero-order chi connectivity index (χ0) is 13.4. The van der Waals surface area contributed by atoms with E-state index in [0.717, 1.165) is 31.0 Å². The third-order valence-corrected chi connectivity index (χ3v) is 3.95. The van der Waals surface area contributed by atoms with Gasteiger partial charge in [0, 0.05) is 18.7 Å². The van der Waals surface area contributed by atoms with Crippen LogP contribution in [0.2, 0.25) is 0 Å². The number of carbonyl (C=O) groups is 1. The Labute approximate surface area is 112 Å². The highest BCUT2D eigenvalue weighted by atomic mass is 16.5. The third kappa shape index (κ3) is 1.95. The average Bonchev–Trinajstić information content (AvgIpc) is 2.79. The number of nitrogens with one attached hydrogen (secondary N) is 2. The van der Waals surface area contributed by atoms with Crippen LogP contribution in [-0.2, 0) is 16.0 Å². The number of nitrogens with zero attached hydrogens (tertiary/aromatic N) is 2. The Morgan fingerprint density at radius 3 is 3.16 bits per heavy atom. The molecule has 0 amide bonds. The minimum Gasteiger partial charge on any atom is -0.466 e. The lowest BCUT2D eigenvalue weighted by Crippen LogP contribution is -2.37. The third-order valence-electron chi connectivity index (χ3n) is 3.95. The summed E-state index contributed by atoms with van der Waals surface area (Å²) in [5.41, 5.74) is 1.25. The molecule has 1 aromatic heterocycles. The molecule has 104 valence electrons. The number of aromatic nitrogens is 2. The van der Waals surface area contributed by atoms with Crippen LogP contribution < -0.4 is 10.6 Å². The molecule has 0 saturated carbocycles. The van der Waals surface area contributed by atoms with Crippen molar-refractivity contribution in [3.63, 3.8) is 0 Å². The van der Waals surface area contributed by atoms with Crippen molar-refractivity contribution in [3.8, 4) is 0 Å². The van der Waals surface area contributed by atoms with E-state index in [4.69, 9.17) is 4.74 Å². The van der Waals surface area contributed by atoms with Crippen LogP contribution >= 0.6 is 0 Å². The highest BCUT2D eigenvalue weighted by Gasteiger charge is 2.35. The van der Waals surface area contributed by atoms with Gasteiger partial charge in [-0.25, -0.2) is 4.68 Å². The minimum atomic E-state index is -0.172. The Morgan fingerprint density at radius 2 is 2.37 bits per heavy atom. The van der Waals surface area contributed by atoms with E-state index in [1.807, 2.05) is 18.5 Å². The van der Waals surface area contributed by atoms with E-state index in [1.54, 1.807) is 0 Å². The number of anilines is 2. The predicted octanol–water partition coefficient (Wildman–Crippen LogP) is 1.41. The van der Waals surface area contributed by atoms with E-state index < -0.39 is 0 Å². The molecule has 6 heteroatoms. The molecule has 2 aliphatic heterocycles. The van der Waals surface area contributed by atoms with Gasteiger partial charge in [-0.05, 0) is 26.7 Å². The molecule has 19 heavy (non-hydrogen) atoms. The minimum absolute atomic E-state index is 0.0303. The lowest BCUT2D eigenvalue weighted by Gasteiger charge is -2.30. The number of rotatable bonds is 2. The maximum Gasteiger partial charge on any atom is 0.312 e. The Morgan fingerprint density at radius 1 is 1.53 bits per heavy atom. The first-order valence-electron chi connectivity index (χ1n) is 6.98. The highest BCUT2D eigenvalue weighted by molar-refractivity contribution is 5.75. The first-order valence-corrected chi connectivity index (χ1v) is 6.98. The maximum atomic E-state index is 11.9. The summed E-state index contributed by atoms with van der Waals surface area (Å²) >= 11 is 0.